The highest BCUT2D eigenvalue weighted by molar-refractivity contribution is 7.89. The van der Waals surface area contributed by atoms with Crippen LogP contribution in [0.15, 0.2) is 34.4 Å². The smallest absolute Gasteiger partial charge is 0.200 e. The largest absolute Gasteiger partial charge is 0.281 e. The van der Waals surface area contributed by atoms with Gasteiger partial charge < -0.3 is 0 Å². The van der Waals surface area contributed by atoms with Gasteiger partial charge in [-0.3, -0.25) is 0 Å². The Morgan fingerprint density at radius 3 is 2.36 bits per heavy atom. The second-order valence-corrected chi connectivity index (χ2v) is 4.41. The fraction of sp³-hybridized carbons (Fsp3) is 0.250. The highest BCUT2D eigenvalue weighted by Gasteiger charge is 2.19. The Morgan fingerprint density at radius 1 is 1.36 bits per heavy atom. The first-order valence-corrected chi connectivity index (χ1v) is 5.09. The molecular formula is C8H10N2O3S. The molecule has 0 spiro atoms. The molecule has 0 saturated heterocycles. The highest BCUT2D eigenvalue weighted by atomic mass is 32.2. The van der Waals surface area contributed by atoms with Crippen molar-refractivity contribution in [2.75, 3.05) is 6.98 Å². The number of hydrogen-bond acceptors (Lipinski definition) is 4. The summed E-state index contributed by atoms with van der Waals surface area (Å²) in [6.45, 7) is -1.39. The SMILES string of the molecule is [2H][13C]([2H])([2H])N(N=O)S(=O)(=O)c1ccc(C)cc1. The molecule has 0 aromatic heterocycles. The number of rotatable bonds is 3. The Morgan fingerprint density at radius 2 is 1.93 bits per heavy atom. The molecule has 0 aliphatic heterocycles. The molecule has 6 heteroatoms. The third kappa shape index (κ3) is 1.90. The summed E-state index contributed by atoms with van der Waals surface area (Å²) in [4.78, 5) is 10.1. The van der Waals surface area contributed by atoms with Crippen LogP contribution in [0.3, 0.4) is 0 Å². The quantitative estimate of drug-likeness (QED) is 0.436. The van der Waals surface area contributed by atoms with Crippen molar-refractivity contribution in [1.29, 1.82) is 0 Å². The van der Waals surface area contributed by atoms with Crippen LogP contribution in [0.4, 0.5) is 0 Å². The van der Waals surface area contributed by atoms with E-state index >= 15 is 0 Å². The van der Waals surface area contributed by atoms with E-state index in [0.29, 0.717) is 0 Å². The van der Waals surface area contributed by atoms with E-state index in [-0.39, 0.29) is 4.90 Å². The maximum Gasteiger partial charge on any atom is 0.281 e. The predicted octanol–water partition coefficient (Wildman–Crippen LogP) is 1.30. The summed E-state index contributed by atoms with van der Waals surface area (Å²) in [7, 11) is -4.43. The molecule has 0 bridgehead atoms. The van der Waals surface area contributed by atoms with Gasteiger partial charge in [-0.05, 0) is 19.1 Å². The van der Waals surface area contributed by atoms with Gasteiger partial charge in [0.15, 0.2) is 0 Å². The molecule has 0 atom stereocenters. The van der Waals surface area contributed by atoms with E-state index in [9.17, 15) is 13.3 Å². The van der Waals surface area contributed by atoms with Crippen LogP contribution in [0, 0.1) is 11.8 Å². The van der Waals surface area contributed by atoms with Crippen molar-refractivity contribution in [1.82, 2.24) is 4.41 Å². The standard InChI is InChI=1S/C8H10N2O3S/c1-7-3-5-8(6-4-7)14(12,13)10(2)9-11/h3-6H,1-2H3/i2+1D3. The average Bonchev–Trinajstić information content (AvgIpc) is 2.16. The number of aryl methyl sites for hydroxylation is 1. The van der Waals surface area contributed by atoms with Crippen molar-refractivity contribution >= 4 is 10.0 Å². The molecule has 0 aliphatic carbocycles. The fourth-order valence-electron chi connectivity index (χ4n) is 0.854. The molecule has 0 heterocycles. The van der Waals surface area contributed by atoms with E-state index in [4.69, 9.17) is 4.11 Å². The monoisotopic (exact) mass is 218 g/mol. The summed E-state index contributed by atoms with van der Waals surface area (Å²) in [5, 5.41) is 2.06. The van der Waals surface area contributed by atoms with Gasteiger partial charge in [0.2, 0.25) is 0 Å². The summed E-state index contributed by atoms with van der Waals surface area (Å²) >= 11 is 0. The van der Waals surface area contributed by atoms with Crippen LogP contribution < -0.4 is 0 Å². The van der Waals surface area contributed by atoms with Crippen LogP contribution in [0.2, 0.25) is 0 Å². The molecule has 0 saturated carbocycles. The van der Waals surface area contributed by atoms with Gasteiger partial charge in [0.05, 0.1) is 10.2 Å². The topological polar surface area (TPSA) is 66.8 Å². The molecule has 5 nitrogen and oxygen atoms in total. The van der Waals surface area contributed by atoms with Gasteiger partial charge in [0.25, 0.3) is 10.0 Å². The van der Waals surface area contributed by atoms with E-state index in [1.54, 1.807) is 6.92 Å². The van der Waals surface area contributed by atoms with Gasteiger partial charge in [-0.2, -0.15) is 12.8 Å². The summed E-state index contributed by atoms with van der Waals surface area (Å²) in [5.74, 6) is 0. The van der Waals surface area contributed by atoms with E-state index in [1.807, 2.05) is 0 Å². The van der Waals surface area contributed by atoms with Crippen molar-refractivity contribution < 1.29 is 12.5 Å². The minimum absolute atomic E-state index is 0.293. The second-order valence-electron chi connectivity index (χ2n) is 2.64. The second kappa shape index (κ2) is 3.75. The Bertz CT molecular complexity index is 510. The highest BCUT2D eigenvalue weighted by Crippen LogP contribution is 2.14. The lowest BCUT2D eigenvalue weighted by Gasteiger charge is -2.09. The molecule has 76 valence electrons. The van der Waals surface area contributed by atoms with Crippen molar-refractivity contribution in [3.05, 3.63) is 34.7 Å². The molecule has 0 radical (unpaired) electrons. The normalized spacial score (nSPS) is 15.1. The predicted molar refractivity (Wildman–Crippen MR) is 51.9 cm³/mol. The molecule has 0 unspecified atom stereocenters. The lowest BCUT2D eigenvalue weighted by atomic mass is 10.2. The Labute approximate surface area is 86.6 Å². The molecule has 1 rings (SSSR count). The molecule has 0 fully saturated rings. The van der Waals surface area contributed by atoms with E-state index < -0.39 is 21.4 Å². The third-order valence-corrected chi connectivity index (χ3v) is 3.01. The molecule has 1 aromatic rings. The number of nitroso groups, excluding NO2 is 1. The minimum Gasteiger partial charge on any atom is -0.200 e. The number of benzene rings is 1. The van der Waals surface area contributed by atoms with E-state index in [1.165, 1.54) is 24.3 Å². The zero-order valence-electron chi connectivity index (χ0n) is 10.3. The van der Waals surface area contributed by atoms with Gasteiger partial charge in [-0.25, -0.2) is 0 Å². The molecule has 0 N–H and O–H groups in total. The number of hydrogen-bond donors (Lipinski definition) is 0. The van der Waals surface area contributed by atoms with Crippen LogP contribution in [-0.4, -0.2) is 19.8 Å². The van der Waals surface area contributed by atoms with Gasteiger partial charge in [0.1, 0.15) is 0 Å². The summed E-state index contributed by atoms with van der Waals surface area (Å²) in [6, 6.07) is 5.42. The van der Waals surface area contributed by atoms with Crippen molar-refractivity contribution in [2.24, 2.45) is 5.29 Å². The average molecular weight is 218 g/mol. The van der Waals surface area contributed by atoms with Gasteiger partial charge in [0, 0.05) is 11.1 Å². The van der Waals surface area contributed by atoms with Crippen LogP contribution >= 0.6 is 0 Å². The van der Waals surface area contributed by atoms with Gasteiger partial charge in [-0.15, -0.1) is 4.91 Å². The van der Waals surface area contributed by atoms with Crippen LogP contribution in [0.25, 0.3) is 0 Å². The summed E-state index contributed by atoms with van der Waals surface area (Å²) in [5.41, 5.74) is 0.809. The van der Waals surface area contributed by atoms with Crippen LogP contribution in [0.1, 0.15) is 9.68 Å². The first kappa shape index (κ1) is 6.94. The third-order valence-electron chi connectivity index (χ3n) is 1.62. The van der Waals surface area contributed by atoms with Crippen LogP contribution in [-0.2, 0) is 10.0 Å². The van der Waals surface area contributed by atoms with E-state index in [0.717, 1.165) is 5.56 Å². The van der Waals surface area contributed by atoms with Crippen molar-refractivity contribution in [2.45, 2.75) is 11.8 Å². The maximum absolute atomic E-state index is 11.8. The minimum atomic E-state index is -4.43. The fourth-order valence-corrected chi connectivity index (χ4v) is 1.62. The molecule has 0 amide bonds. The first-order chi connectivity index (χ1) is 7.69. The van der Waals surface area contributed by atoms with E-state index in [2.05, 4.69) is 5.29 Å². The summed E-state index contributed by atoms with van der Waals surface area (Å²) in [6.07, 6.45) is 0. The van der Waals surface area contributed by atoms with Crippen LogP contribution in [0.5, 0.6) is 0 Å². The zero-order valence-corrected chi connectivity index (χ0v) is 8.15. The Balaban J connectivity index is 3.27. The Kier molecular flexibility index (Phi) is 1.86. The zero-order chi connectivity index (χ0) is 13.3. The Hall–Kier alpha value is -1.43. The lowest BCUT2D eigenvalue weighted by Crippen LogP contribution is -2.20. The maximum atomic E-state index is 11.8. The number of nitrogens with zero attached hydrogens (tertiary/aromatic N) is 2. The molecule has 0 aliphatic rings. The first-order valence-electron chi connectivity index (χ1n) is 5.15. The van der Waals surface area contributed by atoms with Crippen molar-refractivity contribution in [3.8, 4) is 0 Å². The van der Waals surface area contributed by atoms with Gasteiger partial charge >= 0.3 is 0 Å². The number of sulfonamides is 1. The molecular weight excluding hydrogens is 205 g/mol. The molecule has 14 heavy (non-hydrogen) atoms. The van der Waals surface area contributed by atoms with Gasteiger partial charge in [-0.1, -0.05) is 17.7 Å². The molecule has 1 aromatic carbocycles. The lowest BCUT2D eigenvalue weighted by molar-refractivity contribution is 0.486. The van der Waals surface area contributed by atoms with Crippen molar-refractivity contribution in [3.63, 3.8) is 0 Å². The summed E-state index contributed by atoms with van der Waals surface area (Å²) < 4.78 is 43.9.